The molecule has 2 aliphatic rings. The van der Waals surface area contributed by atoms with E-state index in [2.05, 4.69) is 54.4 Å². The van der Waals surface area contributed by atoms with E-state index in [9.17, 15) is 0 Å². The molecule has 1 aromatic heterocycles. The van der Waals surface area contributed by atoms with Gasteiger partial charge in [-0.1, -0.05) is 0 Å². The van der Waals surface area contributed by atoms with E-state index in [4.69, 9.17) is 18.9 Å². The van der Waals surface area contributed by atoms with E-state index in [0.29, 0.717) is 13.1 Å². The SMILES string of the molecule is CC1(C)OB(c2c(COPI)nn3c2CCC3)OC1(C)C. The fraction of sp³-hybridized carbons (Fsp3) is 0.769. The predicted octanol–water partition coefficient (Wildman–Crippen LogP) is 2.59. The van der Waals surface area contributed by atoms with Gasteiger partial charge in [-0.2, -0.15) is 5.10 Å². The van der Waals surface area contributed by atoms with Crippen LogP contribution in [0.1, 0.15) is 45.5 Å². The molecule has 0 amide bonds. The minimum atomic E-state index is -0.340. The van der Waals surface area contributed by atoms with Gasteiger partial charge in [0.2, 0.25) is 0 Å². The molecule has 0 N–H and O–H groups in total. The maximum absolute atomic E-state index is 6.22. The average Bonchev–Trinajstić information content (AvgIpc) is 2.98. The fourth-order valence-corrected chi connectivity index (χ4v) is 3.50. The summed E-state index contributed by atoms with van der Waals surface area (Å²) in [6, 6.07) is 0. The van der Waals surface area contributed by atoms with Crippen molar-refractivity contribution < 1.29 is 13.8 Å². The molecule has 3 heterocycles. The van der Waals surface area contributed by atoms with Crippen LogP contribution in [-0.4, -0.2) is 28.1 Å². The van der Waals surface area contributed by atoms with Gasteiger partial charge in [0.25, 0.3) is 0 Å². The first kappa shape index (κ1) is 16.2. The van der Waals surface area contributed by atoms with Crippen LogP contribution in [0.15, 0.2) is 0 Å². The van der Waals surface area contributed by atoms with Gasteiger partial charge in [0, 0.05) is 17.7 Å². The van der Waals surface area contributed by atoms with Gasteiger partial charge < -0.3 is 13.8 Å². The van der Waals surface area contributed by atoms with Gasteiger partial charge in [0.05, 0.1) is 30.0 Å². The predicted molar refractivity (Wildman–Crippen MR) is 93.4 cm³/mol. The Hall–Kier alpha value is 0.315. The summed E-state index contributed by atoms with van der Waals surface area (Å²) in [5, 5.41) is 4.70. The van der Waals surface area contributed by atoms with Crippen molar-refractivity contribution in [3.8, 4) is 0 Å². The molecule has 0 bridgehead atoms. The summed E-state index contributed by atoms with van der Waals surface area (Å²) in [7, 11) is -0.340. The number of aromatic nitrogens is 2. The number of nitrogens with zero attached hydrogens (tertiary/aromatic N) is 2. The maximum Gasteiger partial charge on any atom is 0.498 e. The molecule has 0 aliphatic carbocycles. The zero-order valence-corrected chi connectivity index (χ0v) is 16.1. The molecule has 5 nitrogen and oxygen atoms in total. The van der Waals surface area contributed by atoms with Gasteiger partial charge in [-0.15, -0.1) is 0 Å². The number of hydrogen-bond acceptors (Lipinski definition) is 4. The number of rotatable bonds is 4. The summed E-state index contributed by atoms with van der Waals surface area (Å²) < 4.78 is 20.1. The summed E-state index contributed by atoms with van der Waals surface area (Å²) in [5.74, 6) is 0. The summed E-state index contributed by atoms with van der Waals surface area (Å²) in [4.78, 5) is 0. The molecule has 2 aliphatic heterocycles. The van der Waals surface area contributed by atoms with Crippen molar-refractivity contribution in [2.24, 2.45) is 0 Å². The second-order valence-electron chi connectivity index (χ2n) is 6.59. The minimum absolute atomic E-state index is 0.325. The molecule has 1 aromatic rings. The molecule has 116 valence electrons. The normalized spacial score (nSPS) is 23.4. The molecule has 0 saturated carbocycles. The van der Waals surface area contributed by atoms with Crippen molar-refractivity contribution in [2.45, 2.75) is 64.9 Å². The molecular weight excluding hydrogens is 401 g/mol. The lowest BCUT2D eigenvalue weighted by molar-refractivity contribution is 0.00578. The van der Waals surface area contributed by atoms with Gasteiger partial charge in [-0.25, -0.2) is 0 Å². The molecule has 0 spiro atoms. The van der Waals surface area contributed by atoms with Crippen LogP contribution in [0.3, 0.4) is 0 Å². The average molecular weight is 422 g/mol. The topological polar surface area (TPSA) is 45.5 Å². The maximum atomic E-state index is 6.22. The second-order valence-corrected chi connectivity index (χ2v) is 8.35. The van der Waals surface area contributed by atoms with Crippen molar-refractivity contribution in [2.75, 3.05) is 0 Å². The zero-order valence-electron chi connectivity index (χ0n) is 12.9. The van der Waals surface area contributed by atoms with E-state index in [-0.39, 0.29) is 18.3 Å². The molecule has 1 unspecified atom stereocenters. The molecule has 1 atom stereocenters. The lowest BCUT2D eigenvalue weighted by Gasteiger charge is -2.32. The van der Waals surface area contributed by atoms with Crippen LogP contribution < -0.4 is 5.46 Å². The third kappa shape index (κ3) is 2.80. The lowest BCUT2D eigenvalue weighted by atomic mass is 9.76. The molecule has 1 saturated heterocycles. The Labute approximate surface area is 141 Å². The van der Waals surface area contributed by atoms with Crippen LogP contribution in [0, 0.1) is 0 Å². The number of halogens is 1. The van der Waals surface area contributed by atoms with Gasteiger partial charge in [-0.05, 0) is 62.6 Å². The Balaban J connectivity index is 1.95. The molecular formula is C13H21BIN2O3P. The van der Waals surface area contributed by atoms with Crippen LogP contribution in [0.4, 0.5) is 0 Å². The number of fused-ring (bicyclic) bond motifs is 1. The van der Waals surface area contributed by atoms with Gasteiger partial charge in [-0.3, -0.25) is 4.68 Å². The fourth-order valence-electron chi connectivity index (χ4n) is 2.85. The first-order valence-electron chi connectivity index (χ1n) is 7.27. The van der Waals surface area contributed by atoms with Gasteiger partial charge in [0.1, 0.15) is 0 Å². The van der Waals surface area contributed by atoms with Crippen LogP contribution in [0.5, 0.6) is 0 Å². The Morgan fingerprint density at radius 2 is 2.00 bits per heavy atom. The van der Waals surface area contributed by atoms with Crippen LogP contribution in [-0.2, 0) is 33.4 Å². The van der Waals surface area contributed by atoms with Gasteiger partial charge in [0.15, 0.2) is 0 Å². The molecule has 1 fully saturated rings. The monoisotopic (exact) mass is 422 g/mol. The first-order chi connectivity index (χ1) is 9.86. The quantitative estimate of drug-likeness (QED) is 0.426. The van der Waals surface area contributed by atoms with Crippen LogP contribution in [0.2, 0.25) is 0 Å². The van der Waals surface area contributed by atoms with Crippen LogP contribution >= 0.6 is 28.5 Å². The van der Waals surface area contributed by atoms with Crippen LogP contribution in [0.25, 0.3) is 0 Å². The van der Waals surface area contributed by atoms with Crippen molar-refractivity contribution in [3.63, 3.8) is 0 Å². The number of aryl methyl sites for hydroxylation is 1. The minimum Gasteiger partial charge on any atom is -0.399 e. The molecule has 8 heteroatoms. The summed E-state index contributed by atoms with van der Waals surface area (Å²) >= 11 is 2.23. The van der Waals surface area contributed by atoms with E-state index in [1.165, 1.54) is 5.69 Å². The summed E-state index contributed by atoms with van der Waals surface area (Å²) in [6.45, 7) is 10.3. The van der Waals surface area contributed by atoms with E-state index in [0.717, 1.165) is 30.5 Å². The Morgan fingerprint density at radius 1 is 1.33 bits per heavy atom. The highest BCUT2D eigenvalue weighted by atomic mass is 127. The van der Waals surface area contributed by atoms with E-state index in [1.807, 2.05) is 0 Å². The molecule has 0 aromatic carbocycles. The van der Waals surface area contributed by atoms with E-state index in [1.54, 1.807) is 0 Å². The van der Waals surface area contributed by atoms with Crippen molar-refractivity contribution in [1.82, 2.24) is 9.78 Å². The van der Waals surface area contributed by atoms with E-state index < -0.39 is 0 Å². The van der Waals surface area contributed by atoms with Crippen molar-refractivity contribution in [3.05, 3.63) is 11.4 Å². The zero-order chi connectivity index (χ0) is 15.3. The Kier molecular flexibility index (Phi) is 4.43. The molecule has 21 heavy (non-hydrogen) atoms. The second kappa shape index (κ2) is 5.75. The third-order valence-electron chi connectivity index (χ3n) is 4.71. The standard InChI is InChI=1S/C13H21BIN2O3P/c1-12(2)13(3,4)20-14(19-12)11-9(8-18-21-15)16-17-7-5-6-10(11)17/h21H,5-8H2,1-4H3. The molecule has 3 rings (SSSR count). The van der Waals surface area contributed by atoms with Crippen molar-refractivity contribution >= 4 is 41.1 Å². The molecule has 0 radical (unpaired) electrons. The van der Waals surface area contributed by atoms with Gasteiger partial charge >= 0.3 is 7.12 Å². The Bertz CT molecular complexity index is 534. The highest BCUT2D eigenvalue weighted by Crippen LogP contribution is 2.37. The third-order valence-corrected chi connectivity index (χ3v) is 5.90. The smallest absolute Gasteiger partial charge is 0.399 e. The first-order valence-corrected chi connectivity index (χ1v) is 11.3. The summed E-state index contributed by atoms with van der Waals surface area (Å²) in [5.41, 5.74) is 2.67. The number of hydrogen-bond donors (Lipinski definition) is 0. The highest BCUT2D eigenvalue weighted by Gasteiger charge is 2.53. The Morgan fingerprint density at radius 3 is 2.62 bits per heavy atom. The summed E-state index contributed by atoms with van der Waals surface area (Å²) in [6.07, 6.45) is 2.18. The van der Waals surface area contributed by atoms with Crippen molar-refractivity contribution in [1.29, 1.82) is 0 Å². The lowest BCUT2D eigenvalue weighted by Crippen LogP contribution is -2.41. The van der Waals surface area contributed by atoms with E-state index >= 15 is 0 Å². The highest BCUT2D eigenvalue weighted by molar-refractivity contribution is 14.2. The largest absolute Gasteiger partial charge is 0.498 e.